The van der Waals surface area contributed by atoms with Crippen LogP contribution in [0.2, 0.25) is 0 Å². The van der Waals surface area contributed by atoms with Gasteiger partial charge in [0.15, 0.2) is 14.3 Å². The Morgan fingerprint density at radius 3 is 1.08 bits per heavy atom. The van der Waals surface area contributed by atoms with E-state index in [0.29, 0.717) is 0 Å². The molecule has 59 heavy (non-hydrogen) atoms. The number of benzene rings is 9. The summed E-state index contributed by atoms with van der Waals surface area (Å²) in [6.45, 7) is 0. The SMILES string of the molecule is O=P(c1ccccc1)(c1ccccc1)c1ccc2c(c1)C1(c3ccccc3-c3cc(-c4ccccc4)ccc31)c1cc(P(=O)(c3ccccc3)c3ccccc3)ccc1-2. The van der Waals surface area contributed by atoms with Crippen molar-refractivity contribution < 1.29 is 9.13 Å². The van der Waals surface area contributed by atoms with Crippen molar-refractivity contribution in [1.29, 1.82) is 0 Å². The van der Waals surface area contributed by atoms with Crippen LogP contribution in [0.15, 0.2) is 231 Å². The molecular formula is C55H38O2P2. The Kier molecular flexibility index (Phi) is 8.32. The van der Waals surface area contributed by atoms with Gasteiger partial charge in [0.2, 0.25) is 0 Å². The average Bonchev–Trinajstić information content (AvgIpc) is 3.78. The van der Waals surface area contributed by atoms with Crippen molar-refractivity contribution in [3.8, 4) is 33.4 Å². The fraction of sp³-hybridized carbons (Fsp3) is 0.0182. The first-order valence-electron chi connectivity index (χ1n) is 20.1. The molecule has 0 atom stereocenters. The monoisotopic (exact) mass is 792 g/mol. The summed E-state index contributed by atoms with van der Waals surface area (Å²) in [6, 6.07) is 78.8. The highest BCUT2D eigenvalue weighted by atomic mass is 31.2. The first-order chi connectivity index (χ1) is 29.0. The van der Waals surface area contributed by atoms with Gasteiger partial charge in [-0.2, -0.15) is 0 Å². The van der Waals surface area contributed by atoms with Gasteiger partial charge in [0.05, 0.1) is 5.41 Å². The van der Waals surface area contributed by atoms with Crippen LogP contribution in [-0.2, 0) is 14.5 Å². The fourth-order valence-electron chi connectivity index (χ4n) is 9.81. The molecule has 0 fully saturated rings. The lowest BCUT2D eigenvalue weighted by atomic mass is 9.70. The van der Waals surface area contributed by atoms with Crippen molar-refractivity contribution in [2.75, 3.05) is 0 Å². The highest BCUT2D eigenvalue weighted by Gasteiger charge is 2.53. The second-order valence-corrected chi connectivity index (χ2v) is 21.0. The molecule has 9 aromatic carbocycles. The van der Waals surface area contributed by atoms with Gasteiger partial charge in [-0.15, -0.1) is 0 Å². The van der Waals surface area contributed by atoms with Crippen LogP contribution in [0, 0.1) is 0 Å². The third kappa shape index (κ3) is 5.20. The lowest BCUT2D eigenvalue weighted by Gasteiger charge is -2.32. The molecule has 2 aliphatic carbocycles. The lowest BCUT2D eigenvalue weighted by Crippen LogP contribution is -2.31. The molecule has 0 aliphatic heterocycles. The minimum absolute atomic E-state index is 0.783. The van der Waals surface area contributed by atoms with Crippen molar-refractivity contribution >= 4 is 46.1 Å². The van der Waals surface area contributed by atoms with E-state index in [1.54, 1.807) is 0 Å². The lowest BCUT2D eigenvalue weighted by molar-refractivity contribution is 0.591. The van der Waals surface area contributed by atoms with Crippen molar-refractivity contribution in [2.45, 2.75) is 5.41 Å². The molecule has 1 spiro atoms. The molecule has 0 saturated heterocycles. The van der Waals surface area contributed by atoms with E-state index in [9.17, 15) is 0 Å². The van der Waals surface area contributed by atoms with Crippen molar-refractivity contribution in [1.82, 2.24) is 0 Å². The van der Waals surface area contributed by atoms with Crippen LogP contribution < -0.4 is 31.8 Å². The molecule has 0 bridgehead atoms. The summed E-state index contributed by atoms with van der Waals surface area (Å²) in [4.78, 5) is 0. The molecule has 0 radical (unpaired) electrons. The maximum absolute atomic E-state index is 16.0. The molecule has 0 heterocycles. The van der Waals surface area contributed by atoms with Crippen molar-refractivity contribution in [3.05, 3.63) is 253 Å². The molecule has 2 aliphatic rings. The molecular weight excluding hydrogens is 755 g/mol. The number of rotatable bonds is 7. The van der Waals surface area contributed by atoms with Crippen LogP contribution in [0.25, 0.3) is 33.4 Å². The summed E-state index contributed by atoms with van der Waals surface area (Å²) < 4.78 is 32.1. The predicted octanol–water partition coefficient (Wildman–Crippen LogP) is 11.0. The Labute approximate surface area is 345 Å². The van der Waals surface area contributed by atoms with E-state index in [4.69, 9.17) is 0 Å². The Morgan fingerprint density at radius 1 is 0.254 bits per heavy atom. The van der Waals surface area contributed by atoms with E-state index in [1.165, 1.54) is 11.1 Å². The standard InChI is InChI=1S/C55H38O2P2/c56-58(41-20-8-2-9-21-41,42-22-10-3-11-23-42)45-31-33-48-49-34-32-46(59(57,43-24-12-4-13-25-43)44-26-14-5-15-27-44)38-54(49)55(53(48)37-45)51-29-17-16-28-47(51)50-36-40(30-35-52(50)55)39-18-6-1-7-19-39/h1-38H. The zero-order valence-electron chi connectivity index (χ0n) is 32.2. The predicted molar refractivity (Wildman–Crippen MR) is 247 cm³/mol. The van der Waals surface area contributed by atoms with Gasteiger partial charge in [0.1, 0.15) is 0 Å². The highest BCUT2D eigenvalue weighted by Crippen LogP contribution is 2.64. The molecule has 0 saturated carbocycles. The highest BCUT2D eigenvalue weighted by molar-refractivity contribution is 7.85. The molecule has 9 aromatic rings. The molecule has 0 amide bonds. The van der Waals surface area contributed by atoms with Crippen LogP contribution in [0.4, 0.5) is 0 Å². The Morgan fingerprint density at radius 2 is 0.627 bits per heavy atom. The molecule has 4 heteroatoms. The van der Waals surface area contributed by atoms with Crippen LogP contribution in [0.1, 0.15) is 22.3 Å². The topological polar surface area (TPSA) is 34.1 Å². The molecule has 0 aromatic heterocycles. The fourth-order valence-corrected chi connectivity index (χ4v) is 15.2. The zero-order chi connectivity index (χ0) is 39.6. The summed E-state index contributed by atoms with van der Waals surface area (Å²) in [7, 11) is -6.68. The van der Waals surface area contributed by atoms with Crippen molar-refractivity contribution in [3.63, 3.8) is 0 Å². The van der Waals surface area contributed by atoms with Crippen LogP contribution in [-0.4, -0.2) is 0 Å². The van der Waals surface area contributed by atoms with Gasteiger partial charge in [0.25, 0.3) is 0 Å². The molecule has 2 nitrogen and oxygen atoms in total. The van der Waals surface area contributed by atoms with Crippen LogP contribution >= 0.6 is 14.3 Å². The molecule has 0 N–H and O–H groups in total. The summed E-state index contributed by atoms with van der Waals surface area (Å²) in [6.07, 6.45) is 0. The minimum Gasteiger partial charge on any atom is -0.309 e. The maximum atomic E-state index is 16.0. The van der Waals surface area contributed by atoms with E-state index in [0.717, 1.165) is 76.3 Å². The third-order valence-corrected chi connectivity index (χ3v) is 18.6. The van der Waals surface area contributed by atoms with E-state index in [-0.39, 0.29) is 0 Å². The van der Waals surface area contributed by atoms with Crippen LogP contribution in [0.3, 0.4) is 0 Å². The van der Waals surface area contributed by atoms with E-state index in [1.807, 2.05) is 121 Å². The van der Waals surface area contributed by atoms with Gasteiger partial charge in [-0.25, -0.2) is 0 Å². The average molecular weight is 793 g/mol. The van der Waals surface area contributed by atoms with Gasteiger partial charge in [-0.05, 0) is 73.8 Å². The first kappa shape index (κ1) is 35.6. The van der Waals surface area contributed by atoms with Crippen molar-refractivity contribution in [2.24, 2.45) is 0 Å². The third-order valence-electron chi connectivity index (χ3n) is 12.5. The minimum atomic E-state index is -3.34. The quantitative estimate of drug-likeness (QED) is 0.151. The van der Waals surface area contributed by atoms with E-state index >= 15 is 9.13 Å². The van der Waals surface area contributed by atoms with Gasteiger partial charge >= 0.3 is 0 Å². The Bertz CT molecular complexity index is 2910. The van der Waals surface area contributed by atoms with E-state index in [2.05, 4.69) is 109 Å². The maximum Gasteiger partial charge on any atom is 0.171 e. The number of fused-ring (bicyclic) bond motifs is 10. The molecule has 11 rings (SSSR count). The largest absolute Gasteiger partial charge is 0.309 e. The van der Waals surface area contributed by atoms with Gasteiger partial charge in [-0.1, -0.05) is 212 Å². The van der Waals surface area contributed by atoms with Gasteiger partial charge < -0.3 is 9.13 Å². The Hall–Kier alpha value is -6.56. The first-order valence-corrected chi connectivity index (χ1v) is 23.5. The number of hydrogen-bond donors (Lipinski definition) is 0. The molecule has 280 valence electrons. The van der Waals surface area contributed by atoms with Gasteiger partial charge in [0, 0.05) is 31.8 Å². The Balaban J connectivity index is 1.24. The summed E-state index contributed by atoms with van der Waals surface area (Å²) in [5.41, 5.74) is 10.5. The number of hydrogen-bond acceptors (Lipinski definition) is 2. The summed E-state index contributed by atoms with van der Waals surface area (Å²) in [5, 5.41) is 4.75. The zero-order valence-corrected chi connectivity index (χ0v) is 33.9. The normalized spacial score (nSPS) is 13.4. The summed E-state index contributed by atoms with van der Waals surface area (Å²) >= 11 is 0. The molecule has 0 unspecified atom stereocenters. The second kappa shape index (κ2) is 13.8. The van der Waals surface area contributed by atoms with E-state index < -0.39 is 19.7 Å². The summed E-state index contributed by atoms with van der Waals surface area (Å²) in [5.74, 6) is 0. The second-order valence-electron chi connectivity index (χ2n) is 15.4. The van der Waals surface area contributed by atoms with Gasteiger partial charge in [-0.3, -0.25) is 0 Å². The van der Waals surface area contributed by atoms with Crippen LogP contribution in [0.5, 0.6) is 0 Å². The smallest absolute Gasteiger partial charge is 0.171 e.